The number of nitrogens with zero attached hydrogens (tertiary/aromatic N) is 2. The number of benzene rings is 1. The molecule has 4 nitrogen and oxygen atoms in total. The lowest BCUT2D eigenvalue weighted by molar-refractivity contribution is -0.131. The number of carboxylic acid groups (broad SMARTS) is 1. The third-order valence-corrected chi connectivity index (χ3v) is 3.42. The standard InChI is InChI=1S/C19H14N2O2/c22-19(23)8-6-15-11-14(16-3-1-9-20-12-16)5-7-18(15)17-4-2-10-21-13-17/h1-13H,(H,22,23). The molecule has 0 aliphatic rings. The number of carboxylic acids is 1. The third-order valence-electron chi connectivity index (χ3n) is 3.42. The van der Waals surface area contributed by atoms with Gasteiger partial charge in [0.2, 0.25) is 0 Å². The van der Waals surface area contributed by atoms with E-state index in [9.17, 15) is 4.79 Å². The highest BCUT2D eigenvalue weighted by Gasteiger charge is 2.06. The van der Waals surface area contributed by atoms with Crippen molar-refractivity contribution < 1.29 is 9.90 Å². The predicted molar refractivity (Wildman–Crippen MR) is 89.6 cm³/mol. The lowest BCUT2D eigenvalue weighted by Crippen LogP contribution is -1.90. The van der Waals surface area contributed by atoms with Gasteiger partial charge in [-0.25, -0.2) is 4.79 Å². The van der Waals surface area contributed by atoms with Crippen LogP contribution in [0.3, 0.4) is 0 Å². The summed E-state index contributed by atoms with van der Waals surface area (Å²) in [7, 11) is 0. The first-order valence-corrected chi connectivity index (χ1v) is 7.10. The van der Waals surface area contributed by atoms with Gasteiger partial charge in [-0.3, -0.25) is 9.97 Å². The molecule has 0 amide bonds. The number of carbonyl (C=O) groups is 1. The van der Waals surface area contributed by atoms with Crippen molar-refractivity contribution in [3.8, 4) is 22.3 Å². The predicted octanol–water partition coefficient (Wildman–Crippen LogP) is 3.91. The Morgan fingerprint density at radius 2 is 1.61 bits per heavy atom. The van der Waals surface area contributed by atoms with Crippen molar-refractivity contribution in [3.63, 3.8) is 0 Å². The van der Waals surface area contributed by atoms with Crippen molar-refractivity contribution in [1.82, 2.24) is 9.97 Å². The van der Waals surface area contributed by atoms with Crippen LogP contribution in [0.15, 0.2) is 73.3 Å². The molecule has 0 atom stereocenters. The Labute approximate surface area is 133 Å². The van der Waals surface area contributed by atoms with Crippen LogP contribution in [0.2, 0.25) is 0 Å². The molecule has 0 aliphatic carbocycles. The van der Waals surface area contributed by atoms with Crippen LogP contribution in [0, 0.1) is 0 Å². The van der Waals surface area contributed by atoms with E-state index in [2.05, 4.69) is 9.97 Å². The fourth-order valence-electron chi connectivity index (χ4n) is 2.36. The summed E-state index contributed by atoms with van der Waals surface area (Å²) in [6.07, 6.45) is 9.72. The summed E-state index contributed by atoms with van der Waals surface area (Å²) in [5, 5.41) is 8.91. The second kappa shape index (κ2) is 6.66. The Morgan fingerprint density at radius 3 is 2.22 bits per heavy atom. The molecule has 0 aliphatic heterocycles. The lowest BCUT2D eigenvalue weighted by atomic mass is 9.96. The summed E-state index contributed by atoms with van der Waals surface area (Å²) in [6, 6.07) is 13.6. The molecule has 0 fully saturated rings. The maximum Gasteiger partial charge on any atom is 0.328 e. The van der Waals surface area contributed by atoms with E-state index in [4.69, 9.17) is 5.11 Å². The molecule has 0 saturated heterocycles. The normalized spacial score (nSPS) is 10.8. The van der Waals surface area contributed by atoms with Crippen LogP contribution in [0.1, 0.15) is 5.56 Å². The molecule has 0 radical (unpaired) electrons. The van der Waals surface area contributed by atoms with Gasteiger partial charge in [0.05, 0.1) is 0 Å². The number of aromatic nitrogens is 2. The van der Waals surface area contributed by atoms with Gasteiger partial charge in [0.25, 0.3) is 0 Å². The van der Waals surface area contributed by atoms with Gasteiger partial charge in [0.15, 0.2) is 0 Å². The Kier molecular flexibility index (Phi) is 4.25. The van der Waals surface area contributed by atoms with Gasteiger partial charge < -0.3 is 5.11 Å². The van der Waals surface area contributed by atoms with Gasteiger partial charge >= 0.3 is 5.97 Å². The molecule has 2 heterocycles. The largest absolute Gasteiger partial charge is 0.478 e. The molecule has 112 valence electrons. The van der Waals surface area contributed by atoms with Gasteiger partial charge in [-0.15, -0.1) is 0 Å². The maximum atomic E-state index is 10.9. The Hall–Kier alpha value is -3.27. The maximum absolute atomic E-state index is 10.9. The first kappa shape index (κ1) is 14.7. The van der Waals surface area contributed by atoms with E-state index in [1.54, 1.807) is 30.9 Å². The Morgan fingerprint density at radius 1 is 0.913 bits per heavy atom. The van der Waals surface area contributed by atoms with E-state index in [-0.39, 0.29) is 0 Å². The summed E-state index contributed by atoms with van der Waals surface area (Å²) in [5.41, 5.74) is 4.66. The molecule has 1 aromatic carbocycles. The highest BCUT2D eigenvalue weighted by atomic mass is 16.4. The van der Waals surface area contributed by atoms with E-state index in [1.807, 2.05) is 42.5 Å². The van der Waals surface area contributed by atoms with Crippen LogP contribution in [-0.4, -0.2) is 21.0 Å². The molecule has 1 N–H and O–H groups in total. The molecule has 0 saturated carbocycles. The lowest BCUT2D eigenvalue weighted by Gasteiger charge is -2.09. The molecular weight excluding hydrogens is 288 g/mol. The molecule has 23 heavy (non-hydrogen) atoms. The van der Waals surface area contributed by atoms with Crippen molar-refractivity contribution in [2.45, 2.75) is 0 Å². The first-order chi connectivity index (χ1) is 11.2. The van der Waals surface area contributed by atoms with Gasteiger partial charge in [0.1, 0.15) is 0 Å². The molecular formula is C19H14N2O2. The number of hydrogen-bond acceptors (Lipinski definition) is 3. The number of pyridine rings is 2. The van der Waals surface area contributed by atoms with Crippen LogP contribution < -0.4 is 0 Å². The smallest absolute Gasteiger partial charge is 0.328 e. The Balaban J connectivity index is 2.12. The molecule has 3 aromatic rings. The summed E-state index contributed by atoms with van der Waals surface area (Å²) >= 11 is 0. The highest BCUT2D eigenvalue weighted by molar-refractivity contribution is 5.88. The van der Waals surface area contributed by atoms with Crippen molar-refractivity contribution in [2.75, 3.05) is 0 Å². The number of aliphatic carboxylic acids is 1. The van der Waals surface area contributed by atoms with Gasteiger partial charge in [-0.2, -0.15) is 0 Å². The van der Waals surface area contributed by atoms with Crippen LogP contribution in [0.4, 0.5) is 0 Å². The molecule has 0 spiro atoms. The summed E-state index contributed by atoms with van der Waals surface area (Å²) in [5.74, 6) is -0.978. The monoisotopic (exact) mass is 302 g/mol. The van der Waals surface area contributed by atoms with E-state index < -0.39 is 5.97 Å². The third kappa shape index (κ3) is 3.49. The fraction of sp³-hybridized carbons (Fsp3) is 0. The van der Waals surface area contributed by atoms with E-state index >= 15 is 0 Å². The average molecular weight is 302 g/mol. The minimum atomic E-state index is -0.978. The van der Waals surface area contributed by atoms with Crippen LogP contribution in [0.25, 0.3) is 28.3 Å². The van der Waals surface area contributed by atoms with Gasteiger partial charge in [0, 0.05) is 42.0 Å². The molecule has 3 rings (SSSR count). The molecule has 2 aromatic heterocycles. The summed E-state index contributed by atoms with van der Waals surface area (Å²) < 4.78 is 0. The average Bonchev–Trinajstić information content (AvgIpc) is 2.61. The van der Waals surface area contributed by atoms with Crippen molar-refractivity contribution >= 4 is 12.0 Å². The van der Waals surface area contributed by atoms with Crippen molar-refractivity contribution in [2.24, 2.45) is 0 Å². The zero-order chi connectivity index (χ0) is 16.1. The fourth-order valence-corrected chi connectivity index (χ4v) is 2.36. The highest BCUT2D eigenvalue weighted by Crippen LogP contribution is 2.29. The second-order valence-corrected chi connectivity index (χ2v) is 4.96. The second-order valence-electron chi connectivity index (χ2n) is 4.96. The van der Waals surface area contributed by atoms with E-state index in [0.29, 0.717) is 0 Å². The SMILES string of the molecule is O=C(O)C=Cc1cc(-c2cccnc2)ccc1-c1cccnc1. The quantitative estimate of drug-likeness (QED) is 0.742. The summed E-state index contributed by atoms with van der Waals surface area (Å²) in [6.45, 7) is 0. The minimum absolute atomic E-state index is 0.821. The Bertz CT molecular complexity index is 844. The van der Waals surface area contributed by atoms with Crippen LogP contribution in [-0.2, 0) is 4.79 Å². The van der Waals surface area contributed by atoms with Crippen molar-refractivity contribution in [3.05, 3.63) is 78.9 Å². The van der Waals surface area contributed by atoms with Crippen molar-refractivity contribution in [1.29, 1.82) is 0 Å². The minimum Gasteiger partial charge on any atom is -0.478 e. The number of rotatable bonds is 4. The zero-order valence-corrected chi connectivity index (χ0v) is 12.3. The van der Waals surface area contributed by atoms with Gasteiger partial charge in [-0.05, 0) is 41.0 Å². The van der Waals surface area contributed by atoms with Gasteiger partial charge in [-0.1, -0.05) is 24.3 Å². The zero-order valence-electron chi connectivity index (χ0n) is 12.3. The van der Waals surface area contributed by atoms with Crippen LogP contribution >= 0.6 is 0 Å². The summed E-state index contributed by atoms with van der Waals surface area (Å²) in [4.78, 5) is 19.1. The first-order valence-electron chi connectivity index (χ1n) is 7.10. The molecule has 4 heteroatoms. The van der Waals surface area contributed by atoms with Crippen LogP contribution in [0.5, 0.6) is 0 Å². The van der Waals surface area contributed by atoms with E-state index in [1.165, 1.54) is 0 Å². The number of hydrogen-bond donors (Lipinski definition) is 1. The molecule has 0 bridgehead atoms. The topological polar surface area (TPSA) is 63.1 Å². The van der Waals surface area contributed by atoms with E-state index in [0.717, 1.165) is 33.9 Å². The molecule has 0 unspecified atom stereocenters.